The molecule has 4 N–H and O–H groups in total. The molecule has 0 heterocycles. The van der Waals surface area contributed by atoms with Crippen LogP contribution in [0.2, 0.25) is 0 Å². The summed E-state index contributed by atoms with van der Waals surface area (Å²) in [5.74, 6) is 0.649. The highest BCUT2D eigenvalue weighted by Gasteiger charge is 2.45. The van der Waals surface area contributed by atoms with Gasteiger partial charge in [-0.25, -0.2) is 4.79 Å². The Balaban J connectivity index is 2.18. The van der Waals surface area contributed by atoms with Crippen LogP contribution < -0.4 is 15.8 Å². The zero-order valence-corrected chi connectivity index (χ0v) is 14.2. The van der Waals surface area contributed by atoms with E-state index in [2.05, 4.69) is 5.32 Å². The number of aliphatic hydroxyl groups is 1. The van der Waals surface area contributed by atoms with Crippen molar-refractivity contribution in [3.05, 3.63) is 23.8 Å². The summed E-state index contributed by atoms with van der Waals surface area (Å²) in [5.41, 5.74) is 6.66. The third-order valence-electron chi connectivity index (χ3n) is 4.06. The molecule has 0 unspecified atom stereocenters. The number of nitrogens with one attached hydrogen (secondary N) is 1. The second kappa shape index (κ2) is 6.37. The molecular weight excluding hydrogens is 296 g/mol. The van der Waals surface area contributed by atoms with E-state index in [-0.39, 0.29) is 11.5 Å². The minimum absolute atomic E-state index is 0.255. The SMILES string of the molecule is COc1cc(NC(=O)OC(C)(C)C)ccc1C1(CN)CC(O)C1. The summed E-state index contributed by atoms with van der Waals surface area (Å²) in [6, 6.07) is 5.44. The molecule has 0 radical (unpaired) electrons. The molecule has 1 saturated carbocycles. The number of nitrogens with two attached hydrogens (primary N) is 1. The monoisotopic (exact) mass is 322 g/mol. The van der Waals surface area contributed by atoms with Crippen molar-refractivity contribution in [1.82, 2.24) is 0 Å². The van der Waals surface area contributed by atoms with Gasteiger partial charge < -0.3 is 20.3 Å². The van der Waals surface area contributed by atoms with Crippen LogP contribution in [0, 0.1) is 0 Å². The van der Waals surface area contributed by atoms with Gasteiger partial charge in [-0.05, 0) is 39.7 Å². The van der Waals surface area contributed by atoms with E-state index >= 15 is 0 Å². The molecule has 2 rings (SSSR count). The van der Waals surface area contributed by atoms with Crippen LogP contribution in [0.1, 0.15) is 39.2 Å². The Labute approximate surface area is 137 Å². The Morgan fingerprint density at radius 2 is 2.09 bits per heavy atom. The number of rotatable bonds is 4. The third-order valence-corrected chi connectivity index (χ3v) is 4.06. The number of benzene rings is 1. The molecule has 1 aliphatic rings. The van der Waals surface area contributed by atoms with E-state index in [0.29, 0.717) is 30.8 Å². The molecule has 1 aliphatic carbocycles. The number of methoxy groups -OCH3 is 1. The zero-order chi connectivity index (χ0) is 17.3. The molecule has 1 aromatic carbocycles. The lowest BCUT2D eigenvalue weighted by atomic mass is 9.62. The van der Waals surface area contributed by atoms with E-state index in [1.54, 1.807) is 19.2 Å². The van der Waals surface area contributed by atoms with Crippen LogP contribution in [0.5, 0.6) is 5.75 Å². The first-order valence-corrected chi connectivity index (χ1v) is 7.76. The summed E-state index contributed by atoms with van der Waals surface area (Å²) in [4.78, 5) is 11.8. The molecule has 0 saturated heterocycles. The summed E-state index contributed by atoms with van der Waals surface area (Å²) in [7, 11) is 1.58. The number of anilines is 1. The van der Waals surface area contributed by atoms with Crippen LogP contribution in [0.25, 0.3) is 0 Å². The fraction of sp³-hybridized carbons (Fsp3) is 0.588. The average Bonchev–Trinajstić information content (AvgIpc) is 2.41. The zero-order valence-electron chi connectivity index (χ0n) is 14.2. The lowest BCUT2D eigenvalue weighted by Crippen LogP contribution is -2.49. The van der Waals surface area contributed by atoms with Gasteiger partial charge >= 0.3 is 6.09 Å². The molecule has 6 nitrogen and oxygen atoms in total. The van der Waals surface area contributed by atoms with Crippen LogP contribution >= 0.6 is 0 Å². The van der Waals surface area contributed by atoms with Crippen LogP contribution in [0.4, 0.5) is 10.5 Å². The van der Waals surface area contributed by atoms with Gasteiger partial charge in [0, 0.05) is 29.3 Å². The maximum atomic E-state index is 11.8. The van der Waals surface area contributed by atoms with Crippen molar-refractivity contribution in [2.75, 3.05) is 19.0 Å². The molecule has 6 heteroatoms. The molecule has 0 aliphatic heterocycles. The Morgan fingerprint density at radius 1 is 1.43 bits per heavy atom. The third kappa shape index (κ3) is 3.95. The van der Waals surface area contributed by atoms with Gasteiger partial charge in [-0.15, -0.1) is 0 Å². The minimum atomic E-state index is -0.556. The summed E-state index contributed by atoms with van der Waals surface area (Å²) >= 11 is 0. The van der Waals surface area contributed by atoms with Crippen molar-refractivity contribution in [3.63, 3.8) is 0 Å². The number of aliphatic hydroxyl groups excluding tert-OH is 1. The van der Waals surface area contributed by atoms with Crippen LogP contribution in [-0.2, 0) is 10.2 Å². The quantitative estimate of drug-likeness (QED) is 0.791. The predicted octanol–water partition coefficient (Wildman–Crippen LogP) is 2.39. The number of hydrogen-bond acceptors (Lipinski definition) is 5. The largest absolute Gasteiger partial charge is 0.496 e. The molecule has 0 spiro atoms. The smallest absolute Gasteiger partial charge is 0.412 e. The van der Waals surface area contributed by atoms with Crippen molar-refractivity contribution in [1.29, 1.82) is 0 Å². The van der Waals surface area contributed by atoms with E-state index < -0.39 is 11.7 Å². The Morgan fingerprint density at radius 3 is 2.57 bits per heavy atom. The maximum absolute atomic E-state index is 11.8. The topological polar surface area (TPSA) is 93.8 Å². The minimum Gasteiger partial charge on any atom is -0.496 e. The second-order valence-corrected chi connectivity index (χ2v) is 7.09. The standard InChI is InChI=1S/C17H26N2O4/c1-16(2,3)23-15(21)19-11-5-6-13(14(7-11)22-4)17(10-18)8-12(20)9-17/h5-7,12,20H,8-10,18H2,1-4H3,(H,19,21). The molecular formula is C17H26N2O4. The number of hydrogen-bond donors (Lipinski definition) is 3. The van der Waals surface area contributed by atoms with Crippen molar-refractivity contribution in [2.45, 2.75) is 50.7 Å². The molecule has 128 valence electrons. The van der Waals surface area contributed by atoms with Gasteiger partial charge in [-0.1, -0.05) is 6.07 Å². The second-order valence-electron chi connectivity index (χ2n) is 7.09. The van der Waals surface area contributed by atoms with Gasteiger partial charge in [0.15, 0.2) is 0 Å². The maximum Gasteiger partial charge on any atom is 0.412 e. The molecule has 0 bridgehead atoms. The number of amides is 1. The van der Waals surface area contributed by atoms with Gasteiger partial charge in [0.05, 0.1) is 13.2 Å². The Kier molecular flexibility index (Phi) is 4.87. The van der Waals surface area contributed by atoms with Crippen LogP contribution in [0.3, 0.4) is 0 Å². The van der Waals surface area contributed by atoms with Gasteiger partial charge in [0.25, 0.3) is 0 Å². The van der Waals surface area contributed by atoms with Crippen molar-refractivity contribution >= 4 is 11.8 Å². The Bertz CT molecular complexity index is 574. The fourth-order valence-corrected chi connectivity index (χ4v) is 2.97. The summed E-state index contributed by atoms with van der Waals surface area (Å²) in [6.45, 7) is 5.87. The van der Waals surface area contributed by atoms with Gasteiger partial charge in [-0.2, -0.15) is 0 Å². The van der Waals surface area contributed by atoms with Gasteiger partial charge in [0.1, 0.15) is 11.4 Å². The van der Waals surface area contributed by atoms with Gasteiger partial charge in [-0.3, -0.25) is 5.32 Å². The van der Waals surface area contributed by atoms with E-state index in [0.717, 1.165) is 5.56 Å². The first kappa shape index (κ1) is 17.6. The fourth-order valence-electron chi connectivity index (χ4n) is 2.97. The van der Waals surface area contributed by atoms with Crippen molar-refractivity contribution < 1.29 is 19.4 Å². The summed E-state index contributed by atoms with van der Waals surface area (Å²) < 4.78 is 10.7. The molecule has 1 amide bonds. The van der Waals surface area contributed by atoms with Gasteiger partial charge in [0.2, 0.25) is 0 Å². The lowest BCUT2D eigenvalue weighted by molar-refractivity contribution is 0.0211. The summed E-state index contributed by atoms with van der Waals surface area (Å²) in [5, 5.41) is 12.3. The molecule has 1 aromatic rings. The van der Waals surface area contributed by atoms with E-state index in [1.165, 1.54) is 0 Å². The number of carbonyl (C=O) groups is 1. The first-order chi connectivity index (χ1) is 10.7. The summed E-state index contributed by atoms with van der Waals surface area (Å²) in [6.07, 6.45) is 0.417. The predicted molar refractivity (Wildman–Crippen MR) is 88.8 cm³/mol. The molecule has 1 fully saturated rings. The van der Waals surface area contributed by atoms with E-state index in [9.17, 15) is 9.90 Å². The normalized spacial score (nSPS) is 23.8. The number of carbonyl (C=O) groups excluding carboxylic acids is 1. The Hall–Kier alpha value is -1.79. The van der Waals surface area contributed by atoms with Crippen molar-refractivity contribution in [2.24, 2.45) is 5.73 Å². The van der Waals surface area contributed by atoms with Crippen LogP contribution in [0.15, 0.2) is 18.2 Å². The molecule has 0 aromatic heterocycles. The highest BCUT2D eigenvalue weighted by atomic mass is 16.6. The number of ether oxygens (including phenoxy) is 2. The first-order valence-electron chi connectivity index (χ1n) is 7.76. The van der Waals surface area contributed by atoms with E-state index in [1.807, 2.05) is 26.8 Å². The van der Waals surface area contributed by atoms with Crippen LogP contribution in [-0.4, -0.2) is 36.6 Å². The average molecular weight is 322 g/mol. The van der Waals surface area contributed by atoms with E-state index in [4.69, 9.17) is 15.2 Å². The van der Waals surface area contributed by atoms with Crippen molar-refractivity contribution in [3.8, 4) is 5.75 Å². The highest BCUT2D eigenvalue weighted by Crippen LogP contribution is 2.47. The highest BCUT2D eigenvalue weighted by molar-refractivity contribution is 5.85. The molecule has 23 heavy (non-hydrogen) atoms. The molecule has 0 atom stereocenters. The lowest BCUT2D eigenvalue weighted by Gasteiger charge is -2.45.